The van der Waals surface area contributed by atoms with Crippen molar-refractivity contribution in [2.45, 2.75) is 32.5 Å². The van der Waals surface area contributed by atoms with Crippen molar-refractivity contribution in [1.82, 2.24) is 4.98 Å². The molecule has 2 rings (SSSR count). The predicted molar refractivity (Wildman–Crippen MR) is 67.0 cm³/mol. The summed E-state index contributed by atoms with van der Waals surface area (Å²) in [5.41, 5.74) is 1.12. The second-order valence-electron chi connectivity index (χ2n) is 4.23. The average Bonchev–Trinajstić information content (AvgIpc) is 2.88. The lowest BCUT2D eigenvalue weighted by atomic mass is 10.2. The summed E-state index contributed by atoms with van der Waals surface area (Å²) in [7, 11) is 0. The van der Waals surface area contributed by atoms with E-state index in [-0.39, 0.29) is 6.10 Å². The summed E-state index contributed by atoms with van der Waals surface area (Å²) >= 11 is 0. The maximum atomic E-state index is 5.80. The largest absolute Gasteiger partial charge is 0.379 e. The summed E-state index contributed by atoms with van der Waals surface area (Å²) in [5, 5.41) is 3.32. The van der Waals surface area contributed by atoms with Crippen molar-refractivity contribution in [2.24, 2.45) is 0 Å². The Hall–Kier alpha value is -1.13. The SMILES string of the molecule is CCCNc1ncccc1COC1CCOC1. The first kappa shape index (κ1) is 12.3. The third kappa shape index (κ3) is 3.68. The number of anilines is 1. The van der Waals surface area contributed by atoms with E-state index in [1.165, 1.54) is 0 Å². The van der Waals surface area contributed by atoms with Crippen LogP contribution >= 0.6 is 0 Å². The molecule has 0 saturated carbocycles. The highest BCUT2D eigenvalue weighted by atomic mass is 16.5. The summed E-state index contributed by atoms with van der Waals surface area (Å²) in [4.78, 5) is 4.34. The van der Waals surface area contributed by atoms with Crippen molar-refractivity contribution in [1.29, 1.82) is 0 Å². The normalized spacial score (nSPS) is 19.5. The van der Waals surface area contributed by atoms with Crippen molar-refractivity contribution < 1.29 is 9.47 Å². The highest BCUT2D eigenvalue weighted by Gasteiger charge is 2.16. The Morgan fingerprint density at radius 3 is 3.29 bits per heavy atom. The van der Waals surface area contributed by atoms with E-state index in [9.17, 15) is 0 Å². The fourth-order valence-electron chi connectivity index (χ4n) is 1.81. The van der Waals surface area contributed by atoms with Gasteiger partial charge in [0.05, 0.1) is 19.3 Å². The van der Waals surface area contributed by atoms with Gasteiger partial charge in [0, 0.05) is 24.9 Å². The van der Waals surface area contributed by atoms with Crippen LogP contribution in [0.1, 0.15) is 25.3 Å². The molecule has 1 aliphatic heterocycles. The Morgan fingerprint density at radius 2 is 2.53 bits per heavy atom. The third-order valence-electron chi connectivity index (χ3n) is 2.80. The number of ether oxygens (including phenoxy) is 2. The maximum absolute atomic E-state index is 5.80. The van der Waals surface area contributed by atoms with Crippen LogP contribution in [0, 0.1) is 0 Å². The summed E-state index contributed by atoms with van der Waals surface area (Å²) in [6.07, 6.45) is 4.14. The molecule has 1 unspecified atom stereocenters. The molecule has 1 aromatic rings. The van der Waals surface area contributed by atoms with Crippen molar-refractivity contribution in [3.8, 4) is 0 Å². The van der Waals surface area contributed by atoms with Crippen molar-refractivity contribution in [3.63, 3.8) is 0 Å². The minimum atomic E-state index is 0.245. The van der Waals surface area contributed by atoms with E-state index in [2.05, 4.69) is 23.3 Å². The van der Waals surface area contributed by atoms with Crippen LogP contribution in [0.15, 0.2) is 18.3 Å². The molecular formula is C13H20N2O2. The smallest absolute Gasteiger partial charge is 0.131 e. The van der Waals surface area contributed by atoms with Crippen LogP contribution < -0.4 is 5.32 Å². The molecule has 0 amide bonds. The third-order valence-corrected chi connectivity index (χ3v) is 2.80. The molecule has 4 heteroatoms. The molecule has 1 saturated heterocycles. The average molecular weight is 236 g/mol. The van der Waals surface area contributed by atoms with Gasteiger partial charge in [-0.05, 0) is 18.9 Å². The Bertz CT molecular complexity index is 338. The van der Waals surface area contributed by atoms with Gasteiger partial charge in [-0.2, -0.15) is 0 Å². The fraction of sp³-hybridized carbons (Fsp3) is 0.615. The molecular weight excluding hydrogens is 216 g/mol. The number of aromatic nitrogens is 1. The molecule has 1 atom stereocenters. The van der Waals surface area contributed by atoms with E-state index in [4.69, 9.17) is 9.47 Å². The van der Waals surface area contributed by atoms with E-state index in [0.717, 1.165) is 44.0 Å². The zero-order chi connectivity index (χ0) is 11.9. The molecule has 2 heterocycles. The van der Waals surface area contributed by atoms with Gasteiger partial charge in [0.15, 0.2) is 0 Å². The quantitative estimate of drug-likeness (QED) is 0.822. The van der Waals surface area contributed by atoms with Gasteiger partial charge in [0.1, 0.15) is 5.82 Å². The lowest BCUT2D eigenvalue weighted by Crippen LogP contribution is -2.13. The molecule has 0 radical (unpaired) electrons. The zero-order valence-electron chi connectivity index (χ0n) is 10.3. The van der Waals surface area contributed by atoms with Gasteiger partial charge >= 0.3 is 0 Å². The van der Waals surface area contributed by atoms with E-state index in [1.54, 1.807) is 6.20 Å². The van der Waals surface area contributed by atoms with Gasteiger partial charge in [0.25, 0.3) is 0 Å². The number of nitrogens with one attached hydrogen (secondary N) is 1. The van der Waals surface area contributed by atoms with Gasteiger partial charge < -0.3 is 14.8 Å². The second kappa shape index (κ2) is 6.57. The molecule has 94 valence electrons. The Balaban J connectivity index is 1.89. The topological polar surface area (TPSA) is 43.4 Å². The second-order valence-corrected chi connectivity index (χ2v) is 4.23. The highest BCUT2D eigenvalue weighted by Crippen LogP contribution is 2.16. The molecule has 0 spiro atoms. The van der Waals surface area contributed by atoms with E-state index >= 15 is 0 Å². The van der Waals surface area contributed by atoms with Crippen LogP contribution in [0.3, 0.4) is 0 Å². The summed E-state index contributed by atoms with van der Waals surface area (Å²) in [6, 6.07) is 4.00. The first-order valence-electron chi connectivity index (χ1n) is 6.27. The van der Waals surface area contributed by atoms with Crippen LogP contribution in [-0.2, 0) is 16.1 Å². The van der Waals surface area contributed by atoms with Gasteiger partial charge in [-0.3, -0.25) is 0 Å². The molecule has 4 nitrogen and oxygen atoms in total. The van der Waals surface area contributed by atoms with Gasteiger partial charge in [-0.1, -0.05) is 13.0 Å². The molecule has 1 aliphatic rings. The molecule has 0 aliphatic carbocycles. The van der Waals surface area contributed by atoms with Crippen LogP contribution in [0.25, 0.3) is 0 Å². The summed E-state index contributed by atoms with van der Waals surface area (Å²) in [5.74, 6) is 0.938. The molecule has 17 heavy (non-hydrogen) atoms. The Kier molecular flexibility index (Phi) is 4.76. The van der Waals surface area contributed by atoms with Crippen LogP contribution in [-0.4, -0.2) is 30.8 Å². The van der Waals surface area contributed by atoms with Gasteiger partial charge in [-0.15, -0.1) is 0 Å². The Morgan fingerprint density at radius 1 is 1.59 bits per heavy atom. The number of nitrogens with zero attached hydrogens (tertiary/aromatic N) is 1. The Labute approximate surface area is 102 Å². The first-order valence-corrected chi connectivity index (χ1v) is 6.27. The molecule has 1 aromatic heterocycles. The van der Waals surface area contributed by atoms with E-state index in [0.29, 0.717) is 6.61 Å². The number of pyridine rings is 1. The number of hydrogen-bond donors (Lipinski definition) is 1. The predicted octanol–water partition coefficient (Wildman–Crippen LogP) is 2.21. The first-order chi connectivity index (χ1) is 8.40. The van der Waals surface area contributed by atoms with Crippen molar-refractivity contribution >= 4 is 5.82 Å². The molecule has 1 N–H and O–H groups in total. The lowest BCUT2D eigenvalue weighted by molar-refractivity contribution is 0.0319. The lowest BCUT2D eigenvalue weighted by Gasteiger charge is -2.13. The minimum absolute atomic E-state index is 0.245. The number of rotatable bonds is 6. The highest BCUT2D eigenvalue weighted by molar-refractivity contribution is 5.43. The monoisotopic (exact) mass is 236 g/mol. The van der Waals surface area contributed by atoms with Gasteiger partial charge in [0.2, 0.25) is 0 Å². The van der Waals surface area contributed by atoms with E-state index < -0.39 is 0 Å². The molecule has 0 bridgehead atoms. The summed E-state index contributed by atoms with van der Waals surface area (Å²) < 4.78 is 11.1. The molecule has 0 aromatic carbocycles. The van der Waals surface area contributed by atoms with Crippen molar-refractivity contribution in [3.05, 3.63) is 23.9 Å². The fourth-order valence-corrected chi connectivity index (χ4v) is 1.81. The van der Waals surface area contributed by atoms with Crippen LogP contribution in [0.5, 0.6) is 0 Å². The van der Waals surface area contributed by atoms with Crippen molar-refractivity contribution in [2.75, 3.05) is 25.1 Å². The molecule has 1 fully saturated rings. The van der Waals surface area contributed by atoms with Crippen LogP contribution in [0.4, 0.5) is 5.82 Å². The van der Waals surface area contributed by atoms with E-state index in [1.807, 2.05) is 6.07 Å². The standard InChI is InChI=1S/C13H20N2O2/c1-2-6-14-13-11(4-3-7-15-13)9-17-12-5-8-16-10-12/h3-4,7,12H,2,5-6,8-10H2,1H3,(H,14,15). The van der Waals surface area contributed by atoms with Gasteiger partial charge in [-0.25, -0.2) is 4.98 Å². The minimum Gasteiger partial charge on any atom is -0.379 e. The zero-order valence-corrected chi connectivity index (χ0v) is 10.3. The van der Waals surface area contributed by atoms with Crippen LogP contribution in [0.2, 0.25) is 0 Å². The summed E-state index contributed by atoms with van der Waals surface area (Å²) in [6.45, 7) is 5.23. The number of hydrogen-bond acceptors (Lipinski definition) is 4. The maximum Gasteiger partial charge on any atom is 0.131 e.